The van der Waals surface area contributed by atoms with Gasteiger partial charge in [0, 0.05) is 30.2 Å². The normalized spacial score (nSPS) is 11.6. The van der Waals surface area contributed by atoms with Crippen LogP contribution in [0.3, 0.4) is 0 Å². The molecular weight excluding hydrogens is 320 g/mol. The maximum absolute atomic E-state index is 11.6. The molecule has 0 saturated carbocycles. The third-order valence-electron chi connectivity index (χ3n) is 2.33. The Morgan fingerprint density at radius 1 is 1.44 bits per heavy atom. The van der Waals surface area contributed by atoms with E-state index >= 15 is 0 Å². The minimum atomic E-state index is -3.23. The summed E-state index contributed by atoms with van der Waals surface area (Å²) in [6.07, 6.45) is 1.23. The van der Waals surface area contributed by atoms with Crippen LogP contribution in [0.4, 0.5) is 5.69 Å². The first-order chi connectivity index (χ1) is 8.29. The first kappa shape index (κ1) is 15.1. The number of halogens is 1. The van der Waals surface area contributed by atoms with Crippen molar-refractivity contribution in [3.8, 4) is 0 Å². The fourth-order valence-electron chi connectivity index (χ4n) is 1.21. The van der Waals surface area contributed by atoms with Crippen LogP contribution in [-0.2, 0) is 14.8 Å². The van der Waals surface area contributed by atoms with Gasteiger partial charge in [-0.1, -0.05) is 22.0 Å². The molecule has 0 heterocycles. The van der Waals surface area contributed by atoms with Gasteiger partial charge >= 0.3 is 0 Å². The van der Waals surface area contributed by atoms with Gasteiger partial charge in [0.25, 0.3) is 0 Å². The summed E-state index contributed by atoms with van der Waals surface area (Å²) in [5.41, 5.74) is 0.677. The molecule has 0 aliphatic heterocycles. The SMILES string of the molecule is CN(CCC(=O)Nc1cccc(Br)c1)S(C)(=O)=O. The van der Waals surface area contributed by atoms with Crippen LogP contribution in [0.1, 0.15) is 6.42 Å². The van der Waals surface area contributed by atoms with Crippen molar-refractivity contribution in [2.45, 2.75) is 6.42 Å². The lowest BCUT2D eigenvalue weighted by Crippen LogP contribution is -2.29. The molecule has 5 nitrogen and oxygen atoms in total. The Hall–Kier alpha value is -0.920. The monoisotopic (exact) mass is 334 g/mol. The Balaban J connectivity index is 2.48. The molecule has 0 aromatic heterocycles. The number of sulfonamides is 1. The van der Waals surface area contributed by atoms with E-state index in [1.807, 2.05) is 12.1 Å². The van der Waals surface area contributed by atoms with Gasteiger partial charge in [0.15, 0.2) is 0 Å². The number of carbonyl (C=O) groups is 1. The van der Waals surface area contributed by atoms with Crippen LogP contribution < -0.4 is 5.32 Å². The molecule has 0 spiro atoms. The second kappa shape index (κ2) is 6.31. The molecule has 1 aromatic carbocycles. The van der Waals surface area contributed by atoms with Crippen LogP contribution >= 0.6 is 15.9 Å². The average Bonchev–Trinajstić information content (AvgIpc) is 2.24. The predicted octanol–water partition coefficient (Wildman–Crippen LogP) is 1.67. The Morgan fingerprint density at radius 3 is 2.67 bits per heavy atom. The van der Waals surface area contributed by atoms with E-state index in [1.54, 1.807) is 12.1 Å². The van der Waals surface area contributed by atoms with Crippen molar-refractivity contribution >= 4 is 37.5 Å². The van der Waals surface area contributed by atoms with Gasteiger partial charge in [-0.05, 0) is 18.2 Å². The number of anilines is 1. The molecule has 0 fully saturated rings. The Labute approximate surface area is 115 Å². The summed E-state index contributed by atoms with van der Waals surface area (Å²) in [7, 11) is -1.79. The number of hydrogen-bond donors (Lipinski definition) is 1. The molecule has 1 rings (SSSR count). The van der Waals surface area contributed by atoms with E-state index in [1.165, 1.54) is 7.05 Å². The second-order valence-electron chi connectivity index (χ2n) is 3.89. The van der Waals surface area contributed by atoms with Crippen molar-refractivity contribution in [2.24, 2.45) is 0 Å². The molecule has 0 unspecified atom stereocenters. The molecule has 1 aromatic rings. The second-order valence-corrected chi connectivity index (χ2v) is 6.90. The van der Waals surface area contributed by atoms with Crippen molar-refractivity contribution in [1.82, 2.24) is 4.31 Å². The quantitative estimate of drug-likeness (QED) is 0.890. The molecule has 0 radical (unpaired) electrons. The summed E-state index contributed by atoms with van der Waals surface area (Å²) in [6, 6.07) is 7.20. The van der Waals surface area contributed by atoms with Gasteiger partial charge in [-0.25, -0.2) is 12.7 Å². The summed E-state index contributed by atoms with van der Waals surface area (Å²) in [5.74, 6) is -0.219. The van der Waals surface area contributed by atoms with Crippen LogP contribution in [0, 0.1) is 0 Å². The first-order valence-corrected chi connectivity index (χ1v) is 7.90. The minimum Gasteiger partial charge on any atom is -0.326 e. The summed E-state index contributed by atoms with van der Waals surface area (Å²) in [6.45, 7) is 0.165. The van der Waals surface area contributed by atoms with Crippen LogP contribution in [-0.4, -0.2) is 38.5 Å². The van der Waals surface area contributed by atoms with Crippen LogP contribution in [0.5, 0.6) is 0 Å². The fraction of sp³-hybridized carbons (Fsp3) is 0.364. The highest BCUT2D eigenvalue weighted by Crippen LogP contribution is 2.15. The summed E-state index contributed by atoms with van der Waals surface area (Å²) in [5, 5.41) is 2.70. The summed E-state index contributed by atoms with van der Waals surface area (Å²) in [4.78, 5) is 11.6. The zero-order valence-corrected chi connectivity index (χ0v) is 12.6. The van der Waals surface area contributed by atoms with E-state index in [9.17, 15) is 13.2 Å². The van der Waals surface area contributed by atoms with E-state index in [0.717, 1.165) is 15.0 Å². The lowest BCUT2D eigenvalue weighted by molar-refractivity contribution is -0.116. The average molecular weight is 335 g/mol. The highest BCUT2D eigenvalue weighted by Gasteiger charge is 2.12. The number of hydrogen-bond acceptors (Lipinski definition) is 3. The highest BCUT2D eigenvalue weighted by atomic mass is 79.9. The molecule has 0 atom stereocenters. The van der Waals surface area contributed by atoms with Crippen LogP contribution in [0.2, 0.25) is 0 Å². The Bertz CT molecular complexity index is 531. The third kappa shape index (κ3) is 5.16. The number of nitrogens with zero attached hydrogens (tertiary/aromatic N) is 1. The van der Waals surface area contributed by atoms with Gasteiger partial charge in [-0.2, -0.15) is 0 Å². The molecule has 7 heteroatoms. The molecule has 0 aliphatic rings. The molecule has 100 valence electrons. The topological polar surface area (TPSA) is 66.5 Å². The van der Waals surface area contributed by atoms with Gasteiger partial charge in [-0.3, -0.25) is 4.79 Å². The fourth-order valence-corrected chi connectivity index (χ4v) is 2.04. The van der Waals surface area contributed by atoms with Gasteiger partial charge < -0.3 is 5.32 Å². The Morgan fingerprint density at radius 2 is 2.11 bits per heavy atom. The largest absolute Gasteiger partial charge is 0.326 e. The smallest absolute Gasteiger partial charge is 0.225 e. The van der Waals surface area contributed by atoms with Gasteiger partial charge in [0.05, 0.1) is 6.26 Å². The number of carbonyl (C=O) groups excluding carboxylic acids is 1. The standard InChI is InChI=1S/C11H15BrN2O3S/c1-14(18(2,16)17)7-6-11(15)13-10-5-3-4-9(12)8-10/h3-5,8H,6-7H2,1-2H3,(H,13,15). The maximum atomic E-state index is 11.6. The lowest BCUT2D eigenvalue weighted by Gasteiger charge is -2.13. The number of rotatable bonds is 5. The number of nitrogens with one attached hydrogen (secondary N) is 1. The molecule has 18 heavy (non-hydrogen) atoms. The molecular formula is C11H15BrN2O3S. The molecule has 0 bridgehead atoms. The molecule has 1 amide bonds. The molecule has 0 saturated heterocycles. The molecule has 1 N–H and O–H groups in total. The summed E-state index contributed by atoms with van der Waals surface area (Å²) >= 11 is 3.30. The maximum Gasteiger partial charge on any atom is 0.225 e. The van der Waals surface area contributed by atoms with Crippen molar-refractivity contribution in [3.05, 3.63) is 28.7 Å². The van der Waals surface area contributed by atoms with Crippen molar-refractivity contribution in [2.75, 3.05) is 25.2 Å². The van der Waals surface area contributed by atoms with E-state index in [0.29, 0.717) is 5.69 Å². The zero-order chi connectivity index (χ0) is 13.8. The highest BCUT2D eigenvalue weighted by molar-refractivity contribution is 9.10. The van der Waals surface area contributed by atoms with Crippen LogP contribution in [0.15, 0.2) is 28.7 Å². The molecule has 0 aliphatic carbocycles. The van der Waals surface area contributed by atoms with Crippen LogP contribution in [0.25, 0.3) is 0 Å². The number of benzene rings is 1. The Kier molecular flexibility index (Phi) is 5.30. The van der Waals surface area contributed by atoms with Gasteiger partial charge in [0.2, 0.25) is 15.9 Å². The third-order valence-corrected chi connectivity index (χ3v) is 4.14. The van der Waals surface area contributed by atoms with E-state index in [2.05, 4.69) is 21.2 Å². The predicted molar refractivity (Wildman–Crippen MR) is 74.9 cm³/mol. The number of amides is 1. The minimum absolute atomic E-state index is 0.121. The first-order valence-electron chi connectivity index (χ1n) is 5.26. The van der Waals surface area contributed by atoms with Crippen molar-refractivity contribution in [1.29, 1.82) is 0 Å². The zero-order valence-electron chi connectivity index (χ0n) is 10.2. The van der Waals surface area contributed by atoms with Gasteiger partial charge in [0.1, 0.15) is 0 Å². The van der Waals surface area contributed by atoms with Crippen molar-refractivity contribution < 1.29 is 13.2 Å². The van der Waals surface area contributed by atoms with Crippen molar-refractivity contribution in [3.63, 3.8) is 0 Å². The van der Waals surface area contributed by atoms with Gasteiger partial charge in [-0.15, -0.1) is 0 Å². The lowest BCUT2D eigenvalue weighted by atomic mass is 10.3. The van der Waals surface area contributed by atoms with E-state index < -0.39 is 10.0 Å². The summed E-state index contributed by atoms with van der Waals surface area (Å²) < 4.78 is 24.3. The van der Waals surface area contributed by atoms with E-state index in [-0.39, 0.29) is 18.9 Å². The van der Waals surface area contributed by atoms with E-state index in [4.69, 9.17) is 0 Å².